The Morgan fingerprint density at radius 1 is 1.11 bits per heavy atom. The molecule has 0 bridgehead atoms. The molecule has 0 aliphatic heterocycles. The van der Waals surface area contributed by atoms with E-state index in [-0.39, 0.29) is 5.91 Å². The Balaban J connectivity index is 1.49. The largest absolute Gasteiger partial charge is 0.420 e. The third-order valence-electron chi connectivity index (χ3n) is 3.37. The van der Waals surface area contributed by atoms with Crippen molar-refractivity contribution in [2.75, 3.05) is 12.3 Å². The van der Waals surface area contributed by atoms with Gasteiger partial charge in [0.05, 0.1) is 11.5 Å². The molecule has 0 saturated heterocycles. The lowest BCUT2D eigenvalue weighted by atomic mass is 10.1. The van der Waals surface area contributed by atoms with Crippen LogP contribution in [0.5, 0.6) is 0 Å². The zero-order chi connectivity index (χ0) is 19.1. The molecule has 142 valence electrons. The molecule has 0 atom stereocenters. The number of rotatable bonds is 9. The first-order valence-corrected chi connectivity index (χ1v) is 11.2. The number of thioether (sulfide) groups is 2. The second kappa shape index (κ2) is 9.86. The molecule has 1 N–H and O–H groups in total. The Morgan fingerprint density at radius 2 is 1.85 bits per heavy atom. The smallest absolute Gasteiger partial charge is 0.247 e. The Bertz CT molecular complexity index is 879. The van der Waals surface area contributed by atoms with E-state index in [1.165, 1.54) is 40.4 Å². The lowest BCUT2D eigenvalue weighted by Gasteiger charge is -2.00. The highest BCUT2D eigenvalue weighted by Crippen LogP contribution is 2.31. The normalized spacial score (nSPS) is 10.9. The zero-order valence-corrected chi connectivity index (χ0v) is 17.4. The summed E-state index contributed by atoms with van der Waals surface area (Å²) in [5.41, 5.74) is 2.09. The van der Waals surface area contributed by atoms with Gasteiger partial charge in [-0.15, -0.1) is 20.4 Å². The molecule has 0 fully saturated rings. The van der Waals surface area contributed by atoms with Crippen molar-refractivity contribution in [3.8, 4) is 11.5 Å². The van der Waals surface area contributed by atoms with Gasteiger partial charge in [-0.3, -0.25) is 4.79 Å². The van der Waals surface area contributed by atoms with Gasteiger partial charge in [-0.2, -0.15) is 0 Å². The minimum Gasteiger partial charge on any atom is -0.420 e. The van der Waals surface area contributed by atoms with E-state index in [0.29, 0.717) is 29.8 Å². The quantitative estimate of drug-likeness (QED) is 0.521. The molecule has 3 rings (SSSR count). The fourth-order valence-electron chi connectivity index (χ4n) is 2.00. The van der Waals surface area contributed by atoms with Crippen molar-refractivity contribution < 1.29 is 9.21 Å². The number of benzene rings is 1. The van der Waals surface area contributed by atoms with Gasteiger partial charge < -0.3 is 9.73 Å². The SMILES string of the molecule is CCCNC(=O)CSc1nnc(SCc2nnc(-c3ccc(C)cc3)o2)s1. The van der Waals surface area contributed by atoms with Crippen molar-refractivity contribution in [3.05, 3.63) is 35.7 Å². The Hall–Kier alpha value is -1.91. The summed E-state index contributed by atoms with van der Waals surface area (Å²) in [6.45, 7) is 4.76. The number of nitrogens with zero attached hydrogens (tertiary/aromatic N) is 4. The molecule has 0 radical (unpaired) electrons. The van der Waals surface area contributed by atoms with E-state index in [2.05, 4.69) is 25.7 Å². The number of nitrogens with one attached hydrogen (secondary N) is 1. The van der Waals surface area contributed by atoms with Gasteiger partial charge in [0.15, 0.2) is 8.68 Å². The molecule has 7 nitrogen and oxygen atoms in total. The fourth-order valence-corrected chi connectivity index (χ4v) is 4.69. The second-order valence-corrected chi connectivity index (χ2v) is 9.05. The molecule has 0 unspecified atom stereocenters. The zero-order valence-electron chi connectivity index (χ0n) is 15.0. The van der Waals surface area contributed by atoms with Crippen molar-refractivity contribution in [1.29, 1.82) is 0 Å². The highest BCUT2D eigenvalue weighted by Gasteiger charge is 2.12. The highest BCUT2D eigenvalue weighted by molar-refractivity contribution is 8.03. The highest BCUT2D eigenvalue weighted by atomic mass is 32.2. The lowest BCUT2D eigenvalue weighted by Crippen LogP contribution is -2.25. The summed E-state index contributed by atoms with van der Waals surface area (Å²) < 4.78 is 7.29. The second-order valence-electron chi connectivity index (χ2n) is 5.63. The third-order valence-corrected chi connectivity index (χ3v) is 6.55. The van der Waals surface area contributed by atoms with Gasteiger partial charge in [0, 0.05) is 12.1 Å². The minimum atomic E-state index is 0.0146. The van der Waals surface area contributed by atoms with E-state index >= 15 is 0 Å². The van der Waals surface area contributed by atoms with Gasteiger partial charge in [-0.1, -0.05) is 59.5 Å². The van der Waals surface area contributed by atoms with Crippen LogP contribution in [-0.2, 0) is 10.5 Å². The Labute approximate surface area is 169 Å². The van der Waals surface area contributed by atoms with Crippen LogP contribution in [0.1, 0.15) is 24.8 Å². The molecule has 2 heterocycles. The average molecular weight is 422 g/mol. The minimum absolute atomic E-state index is 0.0146. The van der Waals surface area contributed by atoms with E-state index < -0.39 is 0 Å². The number of hydrogen-bond acceptors (Lipinski definition) is 9. The molecule has 27 heavy (non-hydrogen) atoms. The van der Waals surface area contributed by atoms with E-state index in [4.69, 9.17) is 4.42 Å². The number of carbonyl (C=O) groups excluding carboxylic acids is 1. The molecule has 0 aliphatic carbocycles. The van der Waals surface area contributed by atoms with Gasteiger partial charge in [-0.05, 0) is 25.5 Å². The summed E-state index contributed by atoms with van der Waals surface area (Å²) in [6.07, 6.45) is 0.928. The molecule has 2 aromatic heterocycles. The van der Waals surface area contributed by atoms with Crippen LogP contribution in [0.15, 0.2) is 37.4 Å². The Kier molecular flexibility index (Phi) is 7.25. The standard InChI is InChI=1S/C17H19N5O2S3/c1-3-8-18-13(23)9-25-16-21-22-17(27-16)26-10-14-19-20-15(24-14)12-6-4-11(2)5-7-12/h4-7H,3,8-10H2,1-2H3,(H,18,23). The van der Waals surface area contributed by atoms with Gasteiger partial charge in [-0.25, -0.2) is 0 Å². The van der Waals surface area contributed by atoms with Gasteiger partial charge in [0.2, 0.25) is 17.7 Å². The Morgan fingerprint density at radius 3 is 2.59 bits per heavy atom. The summed E-state index contributed by atoms with van der Waals surface area (Å²) in [6, 6.07) is 7.95. The van der Waals surface area contributed by atoms with E-state index in [1.54, 1.807) is 0 Å². The van der Waals surface area contributed by atoms with Crippen molar-refractivity contribution >= 4 is 40.8 Å². The van der Waals surface area contributed by atoms with E-state index in [0.717, 1.165) is 20.7 Å². The molecule has 1 aromatic carbocycles. The van der Waals surface area contributed by atoms with Crippen molar-refractivity contribution in [1.82, 2.24) is 25.7 Å². The summed E-state index contributed by atoms with van der Waals surface area (Å²) >= 11 is 4.34. The lowest BCUT2D eigenvalue weighted by molar-refractivity contribution is -0.118. The van der Waals surface area contributed by atoms with Crippen LogP contribution >= 0.6 is 34.9 Å². The predicted molar refractivity (Wildman–Crippen MR) is 108 cm³/mol. The number of aryl methyl sites for hydroxylation is 1. The van der Waals surface area contributed by atoms with Crippen molar-refractivity contribution in [2.24, 2.45) is 0 Å². The summed E-state index contributed by atoms with van der Waals surface area (Å²) in [4.78, 5) is 11.6. The first kappa shape index (κ1) is 19.8. The first-order valence-electron chi connectivity index (χ1n) is 8.39. The number of amides is 1. The van der Waals surface area contributed by atoms with Crippen LogP contribution in [0, 0.1) is 6.92 Å². The van der Waals surface area contributed by atoms with Gasteiger partial charge in [0.25, 0.3) is 0 Å². The third kappa shape index (κ3) is 6.05. The van der Waals surface area contributed by atoms with Crippen molar-refractivity contribution in [2.45, 2.75) is 34.7 Å². The summed E-state index contributed by atoms with van der Waals surface area (Å²) in [5.74, 6) is 1.94. The molecule has 0 spiro atoms. The monoisotopic (exact) mass is 421 g/mol. The molecule has 10 heteroatoms. The van der Waals surface area contributed by atoms with Crippen LogP contribution in [0.3, 0.4) is 0 Å². The molecule has 1 amide bonds. The maximum absolute atomic E-state index is 11.6. The van der Waals surface area contributed by atoms with Crippen molar-refractivity contribution in [3.63, 3.8) is 0 Å². The number of carbonyl (C=O) groups is 1. The van der Waals surface area contributed by atoms with Crippen LogP contribution in [0.4, 0.5) is 0 Å². The molecule has 0 saturated carbocycles. The predicted octanol–water partition coefficient (Wildman–Crippen LogP) is 3.81. The van der Waals surface area contributed by atoms with E-state index in [9.17, 15) is 4.79 Å². The summed E-state index contributed by atoms with van der Waals surface area (Å²) in [7, 11) is 0. The molecule has 0 aliphatic rings. The van der Waals surface area contributed by atoms with Gasteiger partial charge in [0.1, 0.15) is 0 Å². The number of hydrogen-bond donors (Lipinski definition) is 1. The maximum Gasteiger partial charge on any atom is 0.247 e. The number of aromatic nitrogens is 4. The summed E-state index contributed by atoms with van der Waals surface area (Å²) in [5, 5.41) is 19.3. The molecular weight excluding hydrogens is 402 g/mol. The topological polar surface area (TPSA) is 93.8 Å². The fraction of sp³-hybridized carbons (Fsp3) is 0.353. The molecular formula is C17H19N5O2S3. The maximum atomic E-state index is 11.6. The first-order chi connectivity index (χ1) is 13.1. The van der Waals surface area contributed by atoms with Crippen LogP contribution in [0.25, 0.3) is 11.5 Å². The average Bonchev–Trinajstić information content (AvgIpc) is 3.33. The van der Waals surface area contributed by atoms with Crippen LogP contribution < -0.4 is 5.32 Å². The van der Waals surface area contributed by atoms with E-state index in [1.807, 2.05) is 38.1 Å². The molecule has 3 aromatic rings. The van der Waals surface area contributed by atoms with Crippen LogP contribution in [0.2, 0.25) is 0 Å². The van der Waals surface area contributed by atoms with Crippen LogP contribution in [-0.4, -0.2) is 38.6 Å². The van der Waals surface area contributed by atoms with Gasteiger partial charge >= 0.3 is 0 Å².